The zero-order chi connectivity index (χ0) is 15.8. The molecule has 0 bridgehead atoms. The summed E-state index contributed by atoms with van der Waals surface area (Å²) in [5, 5.41) is 2.87. The van der Waals surface area contributed by atoms with Crippen LogP contribution in [0.2, 0.25) is 0 Å². The molecule has 1 amide bonds. The number of likely N-dealkylation sites (tertiary alicyclic amines) is 1. The van der Waals surface area contributed by atoms with Crippen molar-refractivity contribution in [3.05, 3.63) is 0 Å². The molecule has 0 unspecified atom stereocenters. The molecule has 0 saturated carbocycles. The van der Waals surface area contributed by atoms with E-state index in [0.717, 1.165) is 11.2 Å². The van der Waals surface area contributed by atoms with E-state index in [0.29, 0.717) is 0 Å². The van der Waals surface area contributed by atoms with Crippen molar-refractivity contribution >= 4 is 15.7 Å². The Morgan fingerprint density at radius 3 is 2.35 bits per heavy atom. The van der Waals surface area contributed by atoms with E-state index in [1.54, 1.807) is 0 Å². The number of halogens is 3. The number of rotatable bonds is 5. The summed E-state index contributed by atoms with van der Waals surface area (Å²) in [5.74, 6) is -0.572. The molecule has 9 heteroatoms. The lowest BCUT2D eigenvalue weighted by atomic mass is 10.2. The molecule has 1 heterocycles. The Hall–Kier alpha value is -0.830. The monoisotopic (exact) mass is 316 g/mol. The van der Waals surface area contributed by atoms with Gasteiger partial charge in [-0.25, -0.2) is 8.42 Å². The van der Waals surface area contributed by atoms with Crippen LogP contribution in [0.15, 0.2) is 0 Å². The smallest absolute Gasteiger partial charge is 0.332 e. The Morgan fingerprint density at radius 2 is 1.90 bits per heavy atom. The molecule has 0 spiro atoms. The second kappa shape index (κ2) is 5.51. The van der Waals surface area contributed by atoms with Crippen LogP contribution in [0.4, 0.5) is 13.2 Å². The first-order valence-electron chi connectivity index (χ1n) is 6.09. The summed E-state index contributed by atoms with van der Waals surface area (Å²) in [6.45, 7) is 1.82. The minimum atomic E-state index is -4.42. The zero-order valence-corrected chi connectivity index (χ0v) is 12.4. The molecule has 0 aromatic carbocycles. The van der Waals surface area contributed by atoms with Crippen LogP contribution < -0.4 is 5.32 Å². The molecule has 1 fully saturated rings. The molecular weight excluding hydrogens is 297 g/mol. The summed E-state index contributed by atoms with van der Waals surface area (Å²) in [4.78, 5) is 12.2. The average molecular weight is 316 g/mol. The Labute approximate surface area is 116 Å². The van der Waals surface area contributed by atoms with E-state index in [-0.39, 0.29) is 19.5 Å². The standard InChI is InChI=1S/C11H19F3N2O3S/c1-10(2,20(3,18)19)6-15-8-4-9(17)16(5-8)7-11(12,13)14/h8,15H,4-7H2,1-3H3/t8-/m0/s1. The highest BCUT2D eigenvalue weighted by Gasteiger charge is 2.39. The molecular formula is C11H19F3N2O3S. The minimum Gasteiger partial charge on any atom is -0.332 e. The number of nitrogens with one attached hydrogen (secondary N) is 1. The lowest BCUT2D eigenvalue weighted by molar-refractivity contribution is -0.157. The number of nitrogens with zero attached hydrogens (tertiary/aromatic N) is 1. The van der Waals surface area contributed by atoms with Gasteiger partial charge in [-0.15, -0.1) is 0 Å². The fraction of sp³-hybridized carbons (Fsp3) is 0.909. The van der Waals surface area contributed by atoms with Gasteiger partial charge in [-0.3, -0.25) is 4.79 Å². The Balaban J connectivity index is 2.55. The molecule has 1 N–H and O–H groups in total. The van der Waals surface area contributed by atoms with E-state index in [2.05, 4.69) is 5.32 Å². The van der Waals surface area contributed by atoms with Crippen molar-refractivity contribution in [2.24, 2.45) is 0 Å². The lowest BCUT2D eigenvalue weighted by Crippen LogP contribution is -2.46. The van der Waals surface area contributed by atoms with Gasteiger partial charge in [0.1, 0.15) is 6.54 Å². The second-order valence-corrected chi connectivity index (χ2v) is 8.35. The van der Waals surface area contributed by atoms with Crippen LogP contribution in [-0.2, 0) is 14.6 Å². The SMILES string of the molecule is CC(C)(CN[C@H]1CC(=O)N(CC(F)(F)F)C1)S(C)(=O)=O. The number of alkyl halides is 3. The van der Waals surface area contributed by atoms with Gasteiger partial charge in [0.25, 0.3) is 0 Å². The van der Waals surface area contributed by atoms with E-state index in [1.165, 1.54) is 13.8 Å². The Morgan fingerprint density at radius 1 is 1.35 bits per heavy atom. The maximum atomic E-state index is 12.2. The average Bonchev–Trinajstić information content (AvgIpc) is 2.53. The van der Waals surface area contributed by atoms with Gasteiger partial charge < -0.3 is 10.2 Å². The van der Waals surface area contributed by atoms with Gasteiger partial charge in [-0.2, -0.15) is 13.2 Å². The number of amides is 1. The Bertz CT molecular complexity index is 474. The van der Waals surface area contributed by atoms with Gasteiger partial charge in [-0.1, -0.05) is 0 Å². The van der Waals surface area contributed by atoms with E-state index < -0.39 is 39.3 Å². The van der Waals surface area contributed by atoms with E-state index in [4.69, 9.17) is 0 Å². The summed E-state index contributed by atoms with van der Waals surface area (Å²) < 4.78 is 58.7. The van der Waals surface area contributed by atoms with Gasteiger partial charge in [0.15, 0.2) is 9.84 Å². The zero-order valence-electron chi connectivity index (χ0n) is 11.6. The van der Waals surface area contributed by atoms with Crippen molar-refractivity contribution in [1.29, 1.82) is 0 Å². The molecule has 1 saturated heterocycles. The van der Waals surface area contributed by atoms with Crippen LogP contribution in [0, 0.1) is 0 Å². The number of carbonyl (C=O) groups is 1. The second-order valence-electron chi connectivity index (χ2n) is 5.70. The van der Waals surface area contributed by atoms with Crippen molar-refractivity contribution in [2.75, 3.05) is 25.9 Å². The third-order valence-electron chi connectivity index (χ3n) is 3.40. The largest absolute Gasteiger partial charge is 0.406 e. The first-order valence-corrected chi connectivity index (χ1v) is 7.98. The molecule has 1 rings (SSSR count). The number of hydrogen-bond donors (Lipinski definition) is 1. The fourth-order valence-corrected chi connectivity index (χ4v) is 2.14. The third-order valence-corrected chi connectivity index (χ3v) is 5.56. The molecule has 0 aromatic heterocycles. The highest BCUT2D eigenvalue weighted by molar-refractivity contribution is 7.92. The lowest BCUT2D eigenvalue weighted by Gasteiger charge is -2.25. The maximum Gasteiger partial charge on any atom is 0.406 e. The molecule has 1 aliphatic rings. The maximum absolute atomic E-state index is 12.2. The van der Waals surface area contributed by atoms with Crippen LogP contribution in [0.3, 0.4) is 0 Å². The Kier molecular flexibility index (Phi) is 4.75. The van der Waals surface area contributed by atoms with E-state index in [9.17, 15) is 26.4 Å². The van der Waals surface area contributed by atoms with Crippen LogP contribution >= 0.6 is 0 Å². The molecule has 0 aliphatic carbocycles. The summed E-state index contributed by atoms with van der Waals surface area (Å²) >= 11 is 0. The van der Waals surface area contributed by atoms with Gasteiger partial charge in [0, 0.05) is 31.8 Å². The summed E-state index contributed by atoms with van der Waals surface area (Å²) in [6.07, 6.45) is -3.36. The van der Waals surface area contributed by atoms with Crippen LogP contribution in [0.5, 0.6) is 0 Å². The van der Waals surface area contributed by atoms with Crippen molar-refractivity contribution in [2.45, 2.75) is 37.2 Å². The first-order chi connectivity index (χ1) is 8.82. The molecule has 0 radical (unpaired) electrons. The summed E-state index contributed by atoms with van der Waals surface area (Å²) in [5.41, 5.74) is 0. The predicted molar refractivity (Wildman–Crippen MR) is 68.0 cm³/mol. The summed E-state index contributed by atoms with van der Waals surface area (Å²) in [7, 11) is -3.29. The van der Waals surface area contributed by atoms with Crippen LogP contribution in [-0.4, -0.2) is 62.1 Å². The van der Waals surface area contributed by atoms with Gasteiger partial charge >= 0.3 is 6.18 Å². The highest BCUT2D eigenvalue weighted by Crippen LogP contribution is 2.21. The topological polar surface area (TPSA) is 66.5 Å². The van der Waals surface area contributed by atoms with Crippen LogP contribution in [0.25, 0.3) is 0 Å². The van der Waals surface area contributed by atoms with Gasteiger partial charge in [0.05, 0.1) is 4.75 Å². The highest BCUT2D eigenvalue weighted by atomic mass is 32.2. The number of hydrogen-bond acceptors (Lipinski definition) is 4. The minimum absolute atomic E-state index is 0.0457. The third kappa shape index (κ3) is 4.62. The molecule has 5 nitrogen and oxygen atoms in total. The van der Waals surface area contributed by atoms with Crippen molar-refractivity contribution in [3.8, 4) is 0 Å². The van der Waals surface area contributed by atoms with Crippen molar-refractivity contribution in [3.63, 3.8) is 0 Å². The van der Waals surface area contributed by atoms with E-state index >= 15 is 0 Å². The van der Waals surface area contributed by atoms with E-state index in [1.807, 2.05) is 0 Å². The molecule has 0 aromatic rings. The number of sulfone groups is 1. The normalized spacial score (nSPS) is 21.6. The molecule has 118 valence electrons. The predicted octanol–water partition coefficient (Wildman–Crippen LogP) is 0.562. The molecule has 1 aliphatic heterocycles. The molecule has 1 atom stereocenters. The quantitative estimate of drug-likeness (QED) is 0.805. The number of carbonyl (C=O) groups excluding carboxylic acids is 1. The van der Waals surface area contributed by atoms with Crippen LogP contribution in [0.1, 0.15) is 20.3 Å². The van der Waals surface area contributed by atoms with Crippen molar-refractivity contribution < 1.29 is 26.4 Å². The van der Waals surface area contributed by atoms with Gasteiger partial charge in [0.2, 0.25) is 5.91 Å². The molecule has 20 heavy (non-hydrogen) atoms. The first kappa shape index (κ1) is 17.2. The fourth-order valence-electron chi connectivity index (χ4n) is 1.80. The summed E-state index contributed by atoms with van der Waals surface area (Å²) in [6, 6.07) is -0.453. The van der Waals surface area contributed by atoms with Gasteiger partial charge in [-0.05, 0) is 13.8 Å². The van der Waals surface area contributed by atoms with Crippen molar-refractivity contribution in [1.82, 2.24) is 10.2 Å².